The number of methoxy groups -OCH3 is 1. The fourth-order valence-electron chi connectivity index (χ4n) is 12.3. The molecule has 2 aromatic rings. The van der Waals surface area contributed by atoms with Crippen LogP contribution < -0.4 is 31.4 Å². The van der Waals surface area contributed by atoms with E-state index in [-0.39, 0.29) is 98.0 Å². The van der Waals surface area contributed by atoms with E-state index in [1.165, 1.54) is 33.3 Å². The Bertz CT molecular complexity index is 2990. The Morgan fingerprint density at radius 3 is 2.29 bits per heavy atom. The number of nitrogens with one attached hydrogen (secondary N) is 3. The van der Waals surface area contributed by atoms with Crippen LogP contribution in [0.1, 0.15) is 130 Å². The van der Waals surface area contributed by atoms with Crippen molar-refractivity contribution in [3.63, 3.8) is 0 Å². The predicted octanol–water partition coefficient (Wildman–Crippen LogP) is 6.38. The standard InChI is InChI=1S/C59H80N6O14S/c1-29(2)27-65-24-22-59(23-25-65)63-46-42-43-50(70)35(8)54-44(42)55(72)58(10,79-54)76-26-21-39(75-11)32(5)53(77-36(9)66)34(7)49(69)33(6)52(30(3)15-14-16-31(4)56(73)61-48(51(43)71)47(46)64-59)78-41(68)20-19-37(67)17-12-13-18-40-45-38(28-80-40)60-57(74)62-45/h14-16,21,26,29-30,32-34,38-40,45,49,52-53,69-71H,12-13,17-20,22-25,27-28H2,1-11H3,(H,61,73)(H2,60,62,74)/b15-14+,26-21+,31-16-/t30-,32+,33-,34+,38?,39-,40?,45?,49+,52-,53+,58-/m0/s1. The van der Waals surface area contributed by atoms with Crippen LogP contribution in [0.2, 0.25) is 0 Å². The van der Waals surface area contributed by atoms with Crippen molar-refractivity contribution in [1.82, 2.24) is 15.5 Å². The number of phenols is 2. The second kappa shape index (κ2) is 24.6. The number of urea groups is 1. The number of nitrogens with zero attached hydrogens (tertiary/aromatic N) is 3. The summed E-state index contributed by atoms with van der Waals surface area (Å²) in [4.78, 5) is 93.4. The lowest BCUT2D eigenvalue weighted by Crippen LogP contribution is -2.47. The number of allylic oxidation sites excluding steroid dienone is 2. The summed E-state index contributed by atoms with van der Waals surface area (Å²) in [6.45, 7) is 19.3. The molecule has 7 aliphatic rings. The third-order valence-corrected chi connectivity index (χ3v) is 18.4. The van der Waals surface area contributed by atoms with Gasteiger partial charge in [0.25, 0.3) is 11.7 Å². The molecule has 0 radical (unpaired) electrons. The van der Waals surface area contributed by atoms with Gasteiger partial charge in [0.2, 0.25) is 0 Å². The van der Waals surface area contributed by atoms with Crippen molar-refractivity contribution in [2.24, 2.45) is 39.6 Å². The van der Waals surface area contributed by atoms with Gasteiger partial charge in [0, 0.05) is 117 Å². The number of phenolic OH excluding ortho intramolecular Hbond substituents is 2. The second-order valence-electron chi connectivity index (χ2n) is 23.3. The van der Waals surface area contributed by atoms with Crippen molar-refractivity contribution in [1.29, 1.82) is 0 Å². The van der Waals surface area contributed by atoms with E-state index in [1.54, 1.807) is 59.8 Å². The molecule has 2 aromatic carbocycles. The molecule has 436 valence electrons. The fourth-order valence-corrected chi connectivity index (χ4v) is 13.8. The largest absolute Gasteiger partial charge is 0.507 e. The van der Waals surface area contributed by atoms with Gasteiger partial charge in [-0.05, 0) is 38.7 Å². The number of carbonyl (C=O) groups excluding carboxylic acids is 6. The van der Waals surface area contributed by atoms with Crippen LogP contribution in [-0.4, -0.2) is 141 Å². The topological polar surface area (TPSA) is 273 Å². The maximum atomic E-state index is 14.9. The smallest absolute Gasteiger partial charge is 0.315 e. The molecule has 3 fully saturated rings. The average Bonchev–Trinajstić information content (AvgIpc) is 4.16. The Morgan fingerprint density at radius 2 is 1.60 bits per heavy atom. The summed E-state index contributed by atoms with van der Waals surface area (Å²) in [5.41, 5.74) is -0.782. The van der Waals surface area contributed by atoms with Crippen molar-refractivity contribution in [3.8, 4) is 17.2 Å². The minimum Gasteiger partial charge on any atom is -0.507 e. The number of unbranched alkanes of at least 4 members (excludes halogenated alkanes) is 1. The number of thioether (sulfide) groups is 1. The number of rotatable bonds is 13. The first-order valence-corrected chi connectivity index (χ1v) is 29.2. The van der Waals surface area contributed by atoms with E-state index < -0.39 is 94.7 Å². The maximum absolute atomic E-state index is 14.9. The van der Waals surface area contributed by atoms with Gasteiger partial charge in [-0.15, -0.1) is 0 Å². The fraction of sp³-hybridized carbons (Fsp3) is 0.627. The van der Waals surface area contributed by atoms with E-state index >= 15 is 0 Å². The minimum absolute atomic E-state index is 0.00826. The normalized spacial score (nSPS) is 31.9. The Labute approximate surface area is 471 Å². The molecule has 80 heavy (non-hydrogen) atoms. The van der Waals surface area contributed by atoms with Crippen molar-refractivity contribution in [3.05, 3.63) is 58.0 Å². The number of fused-ring (bicyclic) bond motifs is 14. The SMILES string of the molecule is CO[C@H]1/C=C/O[C@@]2(C)Oc3c(C)c(O)c4c(O)c(c5c(c4c3C2=O)=NC2(CCN(CC(C)C)CC2)N=5)NC(=O)/C(C)=C\C=C\[C@H](C)[C@H](OC(=O)CCC(=O)CCCCC2SCC3NC(=O)NC32)[C@@H](C)[C@@H](O)[C@@H](C)[C@H](OC(C)=O)[C@@H]1C. The first kappa shape index (κ1) is 60.1. The number of aliphatic hydroxyl groups excluding tert-OH is 1. The third-order valence-electron chi connectivity index (χ3n) is 16.9. The number of hydrogen-bond acceptors (Lipinski definition) is 18. The van der Waals surface area contributed by atoms with E-state index in [0.29, 0.717) is 38.3 Å². The van der Waals surface area contributed by atoms with Gasteiger partial charge in [-0.3, -0.25) is 34.0 Å². The molecule has 21 heteroatoms. The summed E-state index contributed by atoms with van der Waals surface area (Å²) < 4.78 is 30.6. The summed E-state index contributed by atoms with van der Waals surface area (Å²) in [7, 11) is 1.45. The number of aromatic hydroxyl groups is 2. The molecular formula is C59H80N6O14S. The van der Waals surface area contributed by atoms with Gasteiger partial charge in [-0.25, -0.2) is 4.79 Å². The first-order valence-electron chi connectivity index (χ1n) is 28.2. The van der Waals surface area contributed by atoms with Crippen molar-refractivity contribution < 1.29 is 67.8 Å². The molecule has 20 nitrogen and oxygen atoms in total. The van der Waals surface area contributed by atoms with Crippen molar-refractivity contribution >= 4 is 63.7 Å². The van der Waals surface area contributed by atoms with Gasteiger partial charge in [0.15, 0.2) is 11.4 Å². The summed E-state index contributed by atoms with van der Waals surface area (Å²) >= 11 is 1.82. The van der Waals surface area contributed by atoms with Crippen LogP contribution in [0.4, 0.5) is 10.5 Å². The number of likely N-dealkylation sites (tertiary alicyclic amines) is 1. The summed E-state index contributed by atoms with van der Waals surface area (Å²) in [5, 5.41) is 46.0. The number of aliphatic hydroxyl groups is 1. The van der Waals surface area contributed by atoms with Crippen LogP contribution in [0.15, 0.2) is 46.1 Å². The van der Waals surface area contributed by atoms with Gasteiger partial charge >= 0.3 is 23.8 Å². The van der Waals surface area contributed by atoms with Crippen LogP contribution in [0.25, 0.3) is 10.8 Å². The minimum atomic E-state index is -2.02. The number of amides is 3. The maximum Gasteiger partial charge on any atom is 0.315 e. The zero-order valence-electron chi connectivity index (χ0n) is 47.9. The molecule has 3 amide bonds. The molecule has 6 N–H and O–H groups in total. The highest BCUT2D eigenvalue weighted by Gasteiger charge is 2.51. The number of benzene rings is 2. The number of esters is 2. The lowest BCUT2D eigenvalue weighted by molar-refractivity contribution is -0.165. The van der Waals surface area contributed by atoms with E-state index in [4.69, 9.17) is 33.7 Å². The number of carbonyl (C=O) groups is 6. The number of ether oxygens (including phenoxy) is 5. The molecule has 12 atom stereocenters. The molecule has 0 aromatic heterocycles. The summed E-state index contributed by atoms with van der Waals surface area (Å²) in [6, 6.07) is 0.0564. The molecule has 7 aliphatic heterocycles. The molecule has 7 heterocycles. The number of anilines is 1. The van der Waals surface area contributed by atoms with Crippen LogP contribution >= 0.6 is 11.8 Å². The lowest BCUT2D eigenvalue weighted by Gasteiger charge is -2.39. The van der Waals surface area contributed by atoms with Gasteiger partial charge in [0.05, 0.1) is 53.3 Å². The predicted molar refractivity (Wildman–Crippen MR) is 300 cm³/mol. The molecule has 3 saturated heterocycles. The molecule has 0 saturated carbocycles. The van der Waals surface area contributed by atoms with E-state index in [9.17, 15) is 44.1 Å². The van der Waals surface area contributed by atoms with Crippen molar-refractivity contribution in [2.75, 3.05) is 37.8 Å². The number of Topliss-reactive ketones (excluding diaryl/α,β-unsaturated/α-hetero) is 2. The molecule has 3 unspecified atom stereocenters. The van der Waals surface area contributed by atoms with Crippen LogP contribution in [0.3, 0.4) is 0 Å². The molecule has 5 bridgehead atoms. The highest BCUT2D eigenvalue weighted by atomic mass is 32.2. The van der Waals surface area contributed by atoms with E-state index in [0.717, 1.165) is 25.1 Å². The van der Waals surface area contributed by atoms with Gasteiger partial charge in [-0.1, -0.05) is 66.2 Å². The van der Waals surface area contributed by atoms with Gasteiger partial charge < -0.3 is 59.9 Å². The number of piperidine rings is 1. The second-order valence-corrected chi connectivity index (χ2v) is 24.6. The zero-order valence-corrected chi connectivity index (χ0v) is 48.7. The van der Waals surface area contributed by atoms with Crippen LogP contribution in [-0.2, 0) is 38.1 Å². The summed E-state index contributed by atoms with van der Waals surface area (Å²) in [6.07, 6.45) is 6.95. The van der Waals surface area contributed by atoms with Gasteiger partial charge in [-0.2, -0.15) is 11.8 Å². The molecule has 1 spiro atoms. The Kier molecular flexibility index (Phi) is 18.5. The Balaban J connectivity index is 1.12. The average molecular weight is 1130 g/mol. The third kappa shape index (κ3) is 12.4. The lowest BCUT2D eigenvalue weighted by atomic mass is 9.78. The van der Waals surface area contributed by atoms with Crippen LogP contribution in [0, 0.1) is 36.5 Å². The zero-order chi connectivity index (χ0) is 58.1. The Morgan fingerprint density at radius 1 is 0.900 bits per heavy atom. The number of hydrogen-bond donors (Lipinski definition) is 6. The van der Waals surface area contributed by atoms with Crippen LogP contribution in [0.5, 0.6) is 17.2 Å². The molecule has 9 rings (SSSR count). The summed E-state index contributed by atoms with van der Waals surface area (Å²) in [5.74, 6) is -7.12. The van der Waals surface area contributed by atoms with E-state index in [2.05, 4.69) is 34.7 Å². The highest BCUT2D eigenvalue weighted by molar-refractivity contribution is 8.00. The van der Waals surface area contributed by atoms with Gasteiger partial charge in [0.1, 0.15) is 40.5 Å². The van der Waals surface area contributed by atoms with Crippen molar-refractivity contribution in [2.45, 2.75) is 174 Å². The Hall–Kier alpha value is -6.03. The number of ketones is 2. The first-order chi connectivity index (χ1) is 37.9. The van der Waals surface area contributed by atoms with E-state index in [1.807, 2.05) is 11.8 Å². The molecule has 0 aliphatic carbocycles. The quantitative estimate of drug-likeness (QED) is 0.0550. The monoisotopic (exact) mass is 1130 g/mol. The highest BCUT2D eigenvalue weighted by Crippen LogP contribution is 2.50. The molecular weight excluding hydrogens is 1050 g/mol.